The number of anilines is 1. The van der Waals surface area contributed by atoms with Gasteiger partial charge in [-0.1, -0.05) is 20.8 Å². The summed E-state index contributed by atoms with van der Waals surface area (Å²) in [7, 11) is 0. The maximum Gasteiger partial charge on any atom is 0.327 e. The highest BCUT2D eigenvalue weighted by molar-refractivity contribution is 8.01. The minimum absolute atomic E-state index is 0. The summed E-state index contributed by atoms with van der Waals surface area (Å²) in [5.74, 6) is -1.61. The molecule has 10 nitrogen and oxygen atoms in total. The first-order valence-corrected chi connectivity index (χ1v) is 18.3. The van der Waals surface area contributed by atoms with Crippen LogP contribution in [0.3, 0.4) is 0 Å². The number of nitrogens with zero attached hydrogens (tertiary/aromatic N) is 6. The number of aromatic nitrogens is 3. The van der Waals surface area contributed by atoms with E-state index in [1.165, 1.54) is 17.8 Å². The number of piperidine rings is 1. The van der Waals surface area contributed by atoms with E-state index in [0.29, 0.717) is 68.9 Å². The van der Waals surface area contributed by atoms with Gasteiger partial charge in [-0.25, -0.2) is 18.6 Å². The average Bonchev–Trinajstić information content (AvgIpc) is 3.53. The Morgan fingerprint density at radius 1 is 1.02 bits per heavy atom. The average molecular weight is 702 g/mol. The van der Waals surface area contributed by atoms with E-state index in [2.05, 4.69) is 56.4 Å². The maximum atomic E-state index is 15.8. The lowest BCUT2D eigenvalue weighted by Crippen LogP contribution is -2.53. The molecule has 2 aromatic heterocycles. The molecule has 2 amide bonds. The van der Waals surface area contributed by atoms with Crippen LogP contribution in [0.1, 0.15) is 87.1 Å². The first-order valence-electron chi connectivity index (χ1n) is 17.4. The monoisotopic (exact) mass is 701 g/mol. The predicted molar refractivity (Wildman–Crippen MR) is 194 cm³/mol. The smallest absolute Gasteiger partial charge is 0.327 e. The molecule has 0 spiro atoms. The molecule has 3 aliphatic rings. The van der Waals surface area contributed by atoms with Crippen LogP contribution in [0.15, 0.2) is 35.3 Å². The van der Waals surface area contributed by atoms with Crippen molar-refractivity contribution >= 4 is 40.4 Å². The summed E-state index contributed by atoms with van der Waals surface area (Å²) in [5.41, 5.74) is 1.78. The normalized spacial score (nSPS) is 21.7. The number of thioether (sulfide) groups is 1. The number of hydrogen-bond donors (Lipinski definition) is 1. The van der Waals surface area contributed by atoms with Gasteiger partial charge in [0.1, 0.15) is 17.0 Å². The van der Waals surface area contributed by atoms with Crippen molar-refractivity contribution in [1.29, 1.82) is 0 Å². The molecule has 13 heteroatoms. The quantitative estimate of drug-likeness (QED) is 0.321. The lowest BCUT2D eigenvalue weighted by Gasteiger charge is -2.44. The van der Waals surface area contributed by atoms with E-state index in [4.69, 9.17) is 0 Å². The van der Waals surface area contributed by atoms with Gasteiger partial charge in [-0.2, -0.15) is 0 Å². The van der Waals surface area contributed by atoms with Crippen LogP contribution in [0.25, 0.3) is 11.2 Å². The number of hydrogen-bond acceptors (Lipinski definition) is 7. The second-order valence-corrected chi connectivity index (χ2v) is 17.1. The molecule has 2 atom stereocenters. The Bertz CT molecular complexity index is 1760. The fourth-order valence-electron chi connectivity index (χ4n) is 7.34. The highest BCUT2D eigenvalue weighted by atomic mass is 32.2. The fraction of sp³-hybridized carbons (Fsp3) is 0.611. The zero-order valence-electron chi connectivity index (χ0n) is 29.5. The molecular formula is C36H53F2N7O3S. The van der Waals surface area contributed by atoms with Gasteiger partial charge in [0.25, 0.3) is 0 Å². The summed E-state index contributed by atoms with van der Waals surface area (Å²) in [5, 5.41) is -1.30. The van der Waals surface area contributed by atoms with Crippen LogP contribution in [0.4, 0.5) is 14.5 Å². The van der Waals surface area contributed by atoms with E-state index >= 15 is 4.39 Å². The summed E-state index contributed by atoms with van der Waals surface area (Å²) in [6, 6.07) is 5.90. The summed E-state index contributed by atoms with van der Waals surface area (Å²) in [6.07, 6.45) is 3.55. The van der Waals surface area contributed by atoms with Gasteiger partial charge in [0, 0.05) is 84.5 Å². The van der Waals surface area contributed by atoms with Crippen molar-refractivity contribution in [3.63, 3.8) is 0 Å². The van der Waals surface area contributed by atoms with Gasteiger partial charge >= 0.3 is 5.69 Å². The number of likely N-dealkylation sites (tertiary alicyclic amines) is 1. The van der Waals surface area contributed by atoms with Gasteiger partial charge in [0.05, 0.1) is 16.5 Å². The van der Waals surface area contributed by atoms with Crippen molar-refractivity contribution in [2.45, 2.75) is 89.4 Å². The zero-order chi connectivity index (χ0) is 35.2. The highest BCUT2D eigenvalue weighted by Crippen LogP contribution is 2.49. The molecule has 0 aliphatic carbocycles. The van der Waals surface area contributed by atoms with Crippen LogP contribution in [-0.2, 0) is 9.59 Å². The molecule has 5 heterocycles. The molecule has 1 aromatic carbocycles. The highest BCUT2D eigenvalue weighted by Gasteiger charge is 2.45. The lowest BCUT2D eigenvalue weighted by atomic mass is 9.92. The molecular weight excluding hydrogens is 649 g/mol. The number of carbonyl (C=O) groups is 2. The van der Waals surface area contributed by atoms with Crippen molar-refractivity contribution < 1.29 is 21.2 Å². The van der Waals surface area contributed by atoms with Crippen LogP contribution in [0, 0.1) is 17.0 Å². The van der Waals surface area contributed by atoms with Crippen LogP contribution in [-0.4, -0.2) is 97.7 Å². The van der Waals surface area contributed by atoms with E-state index in [1.807, 2.05) is 11.0 Å². The predicted octanol–water partition coefficient (Wildman–Crippen LogP) is 6.05. The fourth-order valence-corrected chi connectivity index (χ4v) is 8.82. The van der Waals surface area contributed by atoms with Gasteiger partial charge in [0.2, 0.25) is 11.8 Å². The minimum atomic E-state index is -0.680. The number of nitrogens with one attached hydrogen (secondary N) is 1. The minimum Gasteiger partial charge on any atom is -0.366 e. The Balaban J connectivity index is 0.00000292. The van der Waals surface area contributed by atoms with Crippen LogP contribution < -0.4 is 10.6 Å². The molecule has 1 unspecified atom stereocenters. The Labute approximate surface area is 294 Å². The molecule has 0 radical (unpaired) electrons. The Morgan fingerprint density at radius 3 is 2.37 bits per heavy atom. The zero-order valence-corrected chi connectivity index (χ0v) is 30.3. The first-order chi connectivity index (χ1) is 23.1. The number of amides is 2. The van der Waals surface area contributed by atoms with Gasteiger partial charge < -0.3 is 14.7 Å². The van der Waals surface area contributed by atoms with Gasteiger partial charge in [-0.05, 0) is 63.6 Å². The Hall–Kier alpha value is -3.45. The van der Waals surface area contributed by atoms with E-state index in [9.17, 15) is 18.8 Å². The molecule has 49 heavy (non-hydrogen) atoms. The third-order valence-corrected chi connectivity index (χ3v) is 11.6. The number of fused-ring (bicyclic) bond motifs is 1. The maximum absolute atomic E-state index is 15.8. The molecule has 3 saturated heterocycles. The largest absolute Gasteiger partial charge is 0.366 e. The van der Waals surface area contributed by atoms with Crippen LogP contribution in [0.5, 0.6) is 0 Å². The topological polar surface area (TPSA) is 97.8 Å². The number of piperazine rings is 1. The number of benzene rings is 1. The molecule has 3 fully saturated rings. The van der Waals surface area contributed by atoms with Gasteiger partial charge in [-0.15, -0.1) is 11.8 Å². The number of rotatable bonds is 7. The van der Waals surface area contributed by atoms with Crippen molar-refractivity contribution in [3.8, 4) is 0 Å². The van der Waals surface area contributed by atoms with Crippen molar-refractivity contribution in [2.24, 2.45) is 5.41 Å². The molecule has 0 bridgehead atoms. The molecule has 270 valence electrons. The van der Waals surface area contributed by atoms with Crippen molar-refractivity contribution in [1.82, 2.24) is 29.2 Å². The molecule has 3 aliphatic heterocycles. The number of carbonyl (C=O) groups excluding carboxylic acids is 2. The van der Waals surface area contributed by atoms with E-state index < -0.39 is 22.3 Å². The van der Waals surface area contributed by atoms with E-state index in [-0.39, 0.29) is 43.8 Å². The standard InChI is InChI=1S/C36H49F2N7O3S.2H2/c1-35(2,3)11-15-44-32(47)28(22-29(46)41-13-9-24(10-14-41)45-27-8-7-12-39-31(27)40-34(45)48)49-33(44)25-20-23(37)21-26(38)30(25)42-16-18-43(19-17-42)36(4,5)6;;/h7-8,12,20-21,24,28,33H,9-11,13-19,22H2,1-6H3,(H,39,40,48);2*1H/t28-,33?;;/m0../s1. The van der Waals surface area contributed by atoms with E-state index in [1.54, 1.807) is 26.6 Å². The number of imidazole rings is 1. The third-order valence-electron chi connectivity index (χ3n) is 10.1. The SMILES string of the molecule is CC(C)(C)CCN1C(=O)[C@H](CC(=O)N2CCC(n3c(=O)[nH]c4ncccc43)CC2)SC1c1cc(F)cc(F)c1N1CCN(C(C)(C)C)CC1.[HH].[HH]. The molecule has 0 saturated carbocycles. The Morgan fingerprint density at radius 2 is 1.71 bits per heavy atom. The van der Waals surface area contributed by atoms with Crippen LogP contribution in [0.2, 0.25) is 0 Å². The third kappa shape index (κ3) is 7.52. The molecule has 1 N–H and O–H groups in total. The molecule has 6 rings (SSSR count). The number of halogens is 2. The number of aromatic amines is 1. The van der Waals surface area contributed by atoms with Gasteiger partial charge in [0.15, 0.2) is 5.65 Å². The van der Waals surface area contributed by atoms with E-state index in [0.717, 1.165) is 24.7 Å². The van der Waals surface area contributed by atoms with Gasteiger partial charge in [-0.3, -0.25) is 24.0 Å². The molecule has 3 aromatic rings. The lowest BCUT2D eigenvalue weighted by molar-refractivity contribution is -0.136. The number of H-pyrrole nitrogens is 1. The summed E-state index contributed by atoms with van der Waals surface area (Å²) in [4.78, 5) is 55.4. The van der Waals surface area contributed by atoms with Crippen molar-refractivity contribution in [3.05, 3.63) is 58.1 Å². The second kappa shape index (κ2) is 13.7. The summed E-state index contributed by atoms with van der Waals surface area (Å²) < 4.78 is 32.5. The summed E-state index contributed by atoms with van der Waals surface area (Å²) in [6.45, 7) is 16.8. The van der Waals surface area contributed by atoms with Crippen molar-refractivity contribution in [2.75, 3.05) is 50.7 Å². The number of pyridine rings is 1. The Kier molecular flexibility index (Phi) is 9.89. The second-order valence-electron chi connectivity index (χ2n) is 15.8. The van der Waals surface area contributed by atoms with Crippen LogP contribution >= 0.6 is 11.8 Å². The first kappa shape index (κ1) is 35.4. The summed E-state index contributed by atoms with van der Waals surface area (Å²) >= 11 is 1.33.